The normalized spacial score (nSPS) is 15.5. The van der Waals surface area contributed by atoms with Crippen LogP contribution in [0, 0.1) is 13.8 Å². The molecule has 53 heavy (non-hydrogen) atoms. The Balaban J connectivity index is 1.78. The molecule has 2 aliphatic heterocycles. The number of esters is 3. The summed E-state index contributed by atoms with van der Waals surface area (Å²) in [5.74, 6) is -1.92. The Labute approximate surface area is 308 Å². The fourth-order valence-electron chi connectivity index (χ4n) is 7.38. The van der Waals surface area contributed by atoms with Crippen molar-refractivity contribution in [3.05, 3.63) is 98.9 Å². The topological polar surface area (TPSA) is 149 Å². The number of aromatic amines is 2. The molecular weight excluding hydrogens is 670 g/mol. The van der Waals surface area contributed by atoms with E-state index in [1.165, 1.54) is 21.3 Å². The summed E-state index contributed by atoms with van der Waals surface area (Å²) >= 11 is 0. The van der Waals surface area contributed by atoms with E-state index >= 15 is 0 Å². The van der Waals surface area contributed by atoms with Gasteiger partial charge in [0.1, 0.15) is 0 Å². The van der Waals surface area contributed by atoms with Gasteiger partial charge in [-0.2, -0.15) is 0 Å². The molecular formula is C42H45N5O6. The van der Waals surface area contributed by atoms with Crippen LogP contribution < -0.4 is 0 Å². The van der Waals surface area contributed by atoms with Crippen LogP contribution in [0.5, 0.6) is 0 Å². The van der Waals surface area contributed by atoms with Crippen molar-refractivity contribution in [1.29, 1.82) is 0 Å². The van der Waals surface area contributed by atoms with Gasteiger partial charge in [-0.05, 0) is 91.8 Å². The van der Waals surface area contributed by atoms with Gasteiger partial charge in [-0.15, -0.1) is 0 Å². The first kappa shape index (κ1) is 36.9. The van der Waals surface area contributed by atoms with Gasteiger partial charge in [0, 0.05) is 69.5 Å². The molecule has 0 aliphatic carbocycles. The van der Waals surface area contributed by atoms with Gasteiger partial charge in [-0.1, -0.05) is 26.0 Å². The number of rotatable bonds is 9. The Bertz CT molecular complexity index is 2330. The Hall–Kier alpha value is -5.84. The maximum atomic E-state index is 13.5. The van der Waals surface area contributed by atoms with E-state index in [1.807, 2.05) is 31.2 Å². The molecule has 4 aromatic rings. The number of aryl methyl sites for hydroxylation is 3. The van der Waals surface area contributed by atoms with Crippen LogP contribution in [-0.2, 0) is 41.4 Å². The second kappa shape index (κ2) is 15.4. The van der Waals surface area contributed by atoms with Crippen LogP contribution in [0.25, 0.3) is 45.4 Å². The molecule has 2 aliphatic rings. The molecule has 2 N–H and O–H groups in total. The van der Waals surface area contributed by atoms with Crippen LogP contribution in [-0.4, -0.2) is 64.2 Å². The van der Waals surface area contributed by atoms with Crippen molar-refractivity contribution in [1.82, 2.24) is 24.9 Å². The minimum atomic E-state index is -0.576. The van der Waals surface area contributed by atoms with E-state index in [2.05, 4.69) is 60.9 Å². The van der Waals surface area contributed by atoms with Crippen molar-refractivity contribution in [2.24, 2.45) is 0 Å². The van der Waals surface area contributed by atoms with Crippen molar-refractivity contribution < 1.29 is 28.6 Å². The zero-order valence-corrected chi connectivity index (χ0v) is 31.5. The summed E-state index contributed by atoms with van der Waals surface area (Å²) in [6.45, 7) is 10.2. The summed E-state index contributed by atoms with van der Waals surface area (Å²) in [6.07, 6.45) is 8.81. The van der Waals surface area contributed by atoms with Crippen molar-refractivity contribution in [3.63, 3.8) is 0 Å². The standard InChI is InChI=1S/C42H45N5O6/c1-9-27-22(2)32-20-36-28(11-10-26-14-16-43-17-15-26)23(3)31(45-36)19-33-24(4)29(12-13-37(48)51-6)40(46-33)30(18-38(49)52-7)41-39(42(50)53-8)25(5)34(47-41)21-35(27)44-32/h10-11,14-17,19-21,24,29,44-45H,9,12-13,18H2,1-8H3/b11-10+,31-19?,32-20?,33-19?,34-21?,35-21?,36-20?,40-30?,41-30?/t24-,29-/m0/s1. The van der Waals surface area contributed by atoms with E-state index in [9.17, 15) is 14.4 Å². The monoisotopic (exact) mass is 715 g/mol. The summed E-state index contributed by atoms with van der Waals surface area (Å²) < 4.78 is 15.5. The first-order chi connectivity index (χ1) is 25.5. The van der Waals surface area contributed by atoms with Crippen molar-refractivity contribution in [2.75, 3.05) is 21.3 Å². The molecule has 0 radical (unpaired) electrons. The van der Waals surface area contributed by atoms with Crippen LogP contribution in [0.4, 0.5) is 0 Å². The molecule has 6 rings (SSSR count). The highest BCUT2D eigenvalue weighted by molar-refractivity contribution is 6.25. The second-order valence-electron chi connectivity index (χ2n) is 13.4. The second-order valence-corrected chi connectivity index (χ2v) is 13.4. The molecule has 0 saturated heterocycles. The summed E-state index contributed by atoms with van der Waals surface area (Å²) in [5, 5.41) is 0. The lowest BCUT2D eigenvalue weighted by Gasteiger charge is -2.18. The number of ether oxygens (including phenoxy) is 3. The van der Waals surface area contributed by atoms with Crippen molar-refractivity contribution >= 4 is 63.3 Å². The number of carbonyl (C=O) groups excluding carboxylic acids is 3. The van der Waals surface area contributed by atoms with Gasteiger partial charge >= 0.3 is 17.9 Å². The number of hydrogen-bond acceptors (Lipinski definition) is 9. The minimum absolute atomic E-state index is 0.137. The predicted octanol–water partition coefficient (Wildman–Crippen LogP) is 7.72. The van der Waals surface area contributed by atoms with Gasteiger partial charge in [0.2, 0.25) is 0 Å². The highest BCUT2D eigenvalue weighted by Gasteiger charge is 2.36. The average molecular weight is 716 g/mol. The molecule has 2 atom stereocenters. The van der Waals surface area contributed by atoms with Crippen LogP contribution in [0.2, 0.25) is 0 Å². The summed E-state index contributed by atoms with van der Waals surface area (Å²) in [4.78, 5) is 60.9. The van der Waals surface area contributed by atoms with Crippen molar-refractivity contribution in [2.45, 2.75) is 72.1 Å². The SMILES string of the molecule is CCc1c(C)c2cc3[nH]c(cc4nc(c(CC(=O)OC)c5nc(cc1[nH]2)C(C)=C5C(=O)OC)[C@@H](CCC(=O)OC)[C@@H]4C)c(C)c3/C=C/c1ccncc1. The lowest BCUT2D eigenvalue weighted by atomic mass is 9.84. The number of pyridine rings is 1. The molecule has 8 bridgehead atoms. The maximum Gasteiger partial charge on any atom is 0.340 e. The highest BCUT2D eigenvalue weighted by Crippen LogP contribution is 2.44. The Kier molecular flexibility index (Phi) is 10.7. The van der Waals surface area contributed by atoms with E-state index in [4.69, 9.17) is 24.2 Å². The lowest BCUT2D eigenvalue weighted by molar-refractivity contribution is -0.141. The maximum absolute atomic E-state index is 13.5. The third-order valence-corrected chi connectivity index (χ3v) is 10.5. The van der Waals surface area contributed by atoms with Crippen molar-refractivity contribution in [3.8, 4) is 0 Å². The van der Waals surface area contributed by atoms with Crippen LogP contribution in [0.1, 0.15) is 102 Å². The van der Waals surface area contributed by atoms with E-state index in [-0.39, 0.29) is 36.2 Å². The number of allylic oxidation sites excluding steroid dienone is 1. The van der Waals surface area contributed by atoms with E-state index < -0.39 is 11.9 Å². The van der Waals surface area contributed by atoms with Crippen LogP contribution in [0.15, 0.2) is 42.7 Å². The molecule has 0 aromatic carbocycles. The van der Waals surface area contributed by atoms with Gasteiger partial charge in [0.15, 0.2) is 0 Å². The number of H-pyrrole nitrogens is 2. The quantitative estimate of drug-likeness (QED) is 0.131. The first-order valence-electron chi connectivity index (χ1n) is 17.8. The average Bonchev–Trinajstić information content (AvgIpc) is 3.84. The zero-order chi connectivity index (χ0) is 38.0. The number of nitrogens with one attached hydrogen (secondary N) is 2. The molecule has 0 spiro atoms. The van der Waals surface area contributed by atoms with Crippen LogP contribution >= 0.6 is 0 Å². The Morgan fingerprint density at radius 1 is 0.811 bits per heavy atom. The third-order valence-electron chi connectivity index (χ3n) is 10.5. The molecule has 0 unspecified atom stereocenters. The van der Waals surface area contributed by atoms with Gasteiger partial charge in [-0.3, -0.25) is 19.6 Å². The number of aromatic nitrogens is 5. The third kappa shape index (κ3) is 7.16. The predicted molar refractivity (Wildman–Crippen MR) is 206 cm³/mol. The van der Waals surface area contributed by atoms with E-state index in [0.29, 0.717) is 34.6 Å². The van der Waals surface area contributed by atoms with Gasteiger partial charge < -0.3 is 24.2 Å². The molecule has 274 valence electrons. The largest absolute Gasteiger partial charge is 0.469 e. The minimum Gasteiger partial charge on any atom is -0.469 e. The number of carbonyl (C=O) groups is 3. The molecule has 11 heteroatoms. The highest BCUT2D eigenvalue weighted by atomic mass is 16.5. The van der Waals surface area contributed by atoms with Gasteiger partial charge in [-0.25, -0.2) is 9.78 Å². The number of methoxy groups -OCH3 is 3. The molecule has 6 heterocycles. The van der Waals surface area contributed by atoms with E-state index in [1.54, 1.807) is 12.4 Å². The zero-order valence-electron chi connectivity index (χ0n) is 31.5. The van der Waals surface area contributed by atoms with E-state index in [0.717, 1.165) is 62.0 Å². The summed E-state index contributed by atoms with van der Waals surface area (Å²) in [6, 6.07) is 10.0. The van der Waals surface area contributed by atoms with Gasteiger partial charge in [0.25, 0.3) is 0 Å². The number of hydrogen-bond donors (Lipinski definition) is 2. The smallest absolute Gasteiger partial charge is 0.340 e. The molecule has 11 nitrogen and oxygen atoms in total. The Morgan fingerprint density at radius 3 is 2.19 bits per heavy atom. The fourth-order valence-corrected chi connectivity index (χ4v) is 7.38. The summed E-state index contributed by atoms with van der Waals surface area (Å²) in [7, 11) is 4.01. The lowest BCUT2D eigenvalue weighted by Crippen LogP contribution is -2.15. The molecule has 4 aromatic heterocycles. The number of nitrogens with zero attached hydrogens (tertiary/aromatic N) is 3. The molecule has 0 fully saturated rings. The fraction of sp³-hybridized carbons (Fsp3) is 0.333. The van der Waals surface area contributed by atoms with Gasteiger partial charge in [0.05, 0.1) is 50.4 Å². The molecule has 0 saturated carbocycles. The molecule has 0 amide bonds. The first-order valence-corrected chi connectivity index (χ1v) is 17.8. The summed E-state index contributed by atoms with van der Waals surface area (Å²) in [5.41, 5.74) is 12.4. The Morgan fingerprint density at radius 2 is 1.51 bits per heavy atom. The van der Waals surface area contributed by atoms with Crippen LogP contribution in [0.3, 0.4) is 0 Å². The number of fused-ring (bicyclic) bond motifs is 8.